The van der Waals surface area contributed by atoms with Crippen molar-refractivity contribution in [1.82, 2.24) is 0 Å². The van der Waals surface area contributed by atoms with Crippen molar-refractivity contribution in [3.63, 3.8) is 0 Å². The molecule has 0 aliphatic rings. The van der Waals surface area contributed by atoms with E-state index in [1.54, 1.807) is 6.92 Å². The van der Waals surface area contributed by atoms with Gasteiger partial charge in [-0.15, -0.1) is 0 Å². The van der Waals surface area contributed by atoms with Crippen LogP contribution in [0, 0.1) is 0 Å². The maximum Gasteiger partial charge on any atom is 1.00 e. The Morgan fingerprint density at radius 2 is 1.75 bits per heavy atom. The van der Waals surface area contributed by atoms with Crippen molar-refractivity contribution < 1.29 is 48.0 Å². The molecule has 0 aromatic carbocycles. The Bertz CT molecular complexity index is 45.3. The van der Waals surface area contributed by atoms with Crippen molar-refractivity contribution >= 4 is 11.4 Å². The molecule has 0 rings (SSSR count). The molecule has 0 saturated heterocycles. The molecule has 1 unspecified atom stereocenters. The summed E-state index contributed by atoms with van der Waals surface area (Å²) in [6.45, 7) is 1.93. The number of hydrogen-bond acceptors (Lipinski definition) is 3. The minimum atomic E-state index is -2.86. The van der Waals surface area contributed by atoms with Crippen LogP contribution in [0.1, 0.15) is 6.92 Å². The molecule has 6 heteroatoms. The van der Waals surface area contributed by atoms with Crippen LogP contribution in [-0.2, 0) is 11.4 Å². The number of rotatable bonds is 0. The molecule has 0 radical (unpaired) electrons. The molecule has 2 N–H and O–H groups in total. The first kappa shape index (κ1) is 16.0. The van der Waals surface area contributed by atoms with Crippen LogP contribution in [0.25, 0.3) is 0 Å². The van der Waals surface area contributed by atoms with Gasteiger partial charge in [-0.25, -0.2) is 4.21 Å². The average molecular weight is 150 g/mol. The zero-order chi connectivity index (χ0) is 6.28. The van der Waals surface area contributed by atoms with E-state index in [1.165, 1.54) is 0 Å². The van der Waals surface area contributed by atoms with Gasteiger partial charge in [0.05, 0.1) is 11.4 Å². The van der Waals surface area contributed by atoms with Crippen molar-refractivity contribution in [3.8, 4) is 0 Å². The summed E-state index contributed by atoms with van der Waals surface area (Å²) in [4.78, 5) is 0. The molecule has 0 aliphatic heterocycles. The second-order valence-corrected chi connectivity index (χ2v) is 0.968. The summed E-state index contributed by atoms with van der Waals surface area (Å²) in [6, 6.07) is 0. The topological polar surface area (TPSA) is 80.6 Å². The van der Waals surface area contributed by atoms with Gasteiger partial charge < -0.3 is 14.2 Å². The molecule has 0 heterocycles. The third-order valence-electron chi connectivity index (χ3n) is 0. The molecule has 0 amide bonds. The maximum absolute atomic E-state index is 8.56. The molecular weight excluding hydrogens is 143 g/mol. The van der Waals surface area contributed by atoms with Gasteiger partial charge in [0.1, 0.15) is 0 Å². The van der Waals surface area contributed by atoms with Crippen LogP contribution in [0.5, 0.6) is 0 Å². The first-order valence-electron chi connectivity index (χ1n) is 1.54. The van der Waals surface area contributed by atoms with E-state index in [0.717, 1.165) is 0 Å². The maximum atomic E-state index is 8.56. The van der Waals surface area contributed by atoms with Crippen molar-refractivity contribution in [2.45, 2.75) is 6.92 Å². The van der Waals surface area contributed by atoms with E-state index >= 15 is 0 Å². The Balaban J connectivity index is -0.0000000575. The standard InChI is InChI=1S/C2H6O.Na.H2O3S/c1-2-3;;1-4(2)3/h3H,2H2,1H3;;(H2,1,2,3)/q;+1;/p-1. The van der Waals surface area contributed by atoms with E-state index in [1.807, 2.05) is 0 Å². The SMILES string of the molecule is CCO.O=S([O-])O.[Na+]. The number of aliphatic hydroxyl groups is 1. The molecule has 46 valence electrons. The summed E-state index contributed by atoms with van der Waals surface area (Å²) in [5.41, 5.74) is 0. The van der Waals surface area contributed by atoms with Gasteiger partial charge in [0.2, 0.25) is 0 Å². The van der Waals surface area contributed by atoms with Crippen LogP contribution in [0.2, 0.25) is 0 Å². The second-order valence-electron chi connectivity index (χ2n) is 0.533. The van der Waals surface area contributed by atoms with Gasteiger partial charge in [0.15, 0.2) is 0 Å². The minimum Gasteiger partial charge on any atom is -0.750 e. The number of hydrogen-bond donors (Lipinski definition) is 2. The Morgan fingerprint density at radius 1 is 1.75 bits per heavy atom. The molecule has 8 heavy (non-hydrogen) atoms. The van der Waals surface area contributed by atoms with E-state index in [9.17, 15) is 0 Å². The van der Waals surface area contributed by atoms with Gasteiger partial charge in [-0.2, -0.15) is 0 Å². The Morgan fingerprint density at radius 3 is 1.75 bits per heavy atom. The Labute approximate surface area is 72.7 Å². The molecular formula is C2H7NaO4S. The summed E-state index contributed by atoms with van der Waals surface area (Å²) in [5, 5.41) is 7.57. The Kier molecular flexibility index (Phi) is 31.4. The van der Waals surface area contributed by atoms with E-state index < -0.39 is 11.4 Å². The van der Waals surface area contributed by atoms with Crippen LogP contribution in [0.3, 0.4) is 0 Å². The largest absolute Gasteiger partial charge is 1.00 e. The Hall–Kier alpha value is 1.03. The van der Waals surface area contributed by atoms with Gasteiger partial charge in [0, 0.05) is 6.61 Å². The third kappa shape index (κ3) is 241. The fourth-order valence-corrected chi connectivity index (χ4v) is 0. The van der Waals surface area contributed by atoms with E-state index in [4.69, 9.17) is 18.4 Å². The summed E-state index contributed by atoms with van der Waals surface area (Å²) >= 11 is -2.86. The monoisotopic (exact) mass is 150 g/mol. The average Bonchev–Trinajstić information content (AvgIpc) is 1.33. The van der Waals surface area contributed by atoms with Crippen molar-refractivity contribution in [1.29, 1.82) is 0 Å². The first-order chi connectivity index (χ1) is 3.15. The molecule has 0 aliphatic carbocycles. The third-order valence-corrected chi connectivity index (χ3v) is 0. The van der Waals surface area contributed by atoms with Gasteiger partial charge >= 0.3 is 29.6 Å². The summed E-state index contributed by atoms with van der Waals surface area (Å²) < 4.78 is 24.1. The van der Waals surface area contributed by atoms with E-state index in [0.29, 0.717) is 0 Å². The molecule has 1 atom stereocenters. The van der Waals surface area contributed by atoms with Crippen LogP contribution >= 0.6 is 0 Å². The van der Waals surface area contributed by atoms with Crippen LogP contribution < -0.4 is 29.6 Å². The van der Waals surface area contributed by atoms with E-state index in [2.05, 4.69) is 0 Å². The zero-order valence-corrected chi connectivity index (χ0v) is 7.64. The normalized spacial score (nSPS) is 10.0. The smallest absolute Gasteiger partial charge is 0.750 e. The van der Waals surface area contributed by atoms with Crippen molar-refractivity contribution in [3.05, 3.63) is 0 Å². The predicted molar refractivity (Wildman–Crippen MR) is 24.3 cm³/mol. The van der Waals surface area contributed by atoms with Crippen LogP contribution in [0.15, 0.2) is 0 Å². The second kappa shape index (κ2) is 15.7. The summed E-state index contributed by atoms with van der Waals surface area (Å²) in [5.74, 6) is 0. The minimum absolute atomic E-state index is 0. The first-order valence-corrected chi connectivity index (χ1v) is 2.57. The summed E-state index contributed by atoms with van der Waals surface area (Å²) in [7, 11) is 0. The number of aliphatic hydroxyl groups excluding tert-OH is 1. The molecule has 0 fully saturated rings. The molecule has 4 nitrogen and oxygen atoms in total. The van der Waals surface area contributed by atoms with E-state index in [-0.39, 0.29) is 36.2 Å². The van der Waals surface area contributed by atoms with Crippen molar-refractivity contribution in [2.24, 2.45) is 0 Å². The van der Waals surface area contributed by atoms with Gasteiger partial charge in [0.25, 0.3) is 0 Å². The zero-order valence-electron chi connectivity index (χ0n) is 4.83. The summed E-state index contributed by atoms with van der Waals surface area (Å²) in [6.07, 6.45) is 0. The van der Waals surface area contributed by atoms with Gasteiger partial charge in [-0.1, -0.05) is 0 Å². The quantitative estimate of drug-likeness (QED) is 0.275. The molecule has 0 bridgehead atoms. The van der Waals surface area contributed by atoms with Crippen LogP contribution in [0.4, 0.5) is 0 Å². The van der Waals surface area contributed by atoms with Crippen molar-refractivity contribution in [2.75, 3.05) is 6.61 Å². The molecule has 0 saturated carbocycles. The predicted octanol–water partition coefficient (Wildman–Crippen LogP) is -3.66. The molecule has 0 aromatic rings. The fraction of sp³-hybridized carbons (Fsp3) is 1.00. The molecule has 0 aromatic heterocycles. The molecule has 0 spiro atoms. The van der Waals surface area contributed by atoms with Crippen LogP contribution in [-0.4, -0.2) is 25.0 Å². The van der Waals surface area contributed by atoms with Gasteiger partial charge in [-0.3, -0.25) is 0 Å². The fourth-order valence-electron chi connectivity index (χ4n) is 0. The van der Waals surface area contributed by atoms with Gasteiger partial charge in [-0.05, 0) is 6.92 Å².